The van der Waals surface area contributed by atoms with E-state index in [0.29, 0.717) is 5.76 Å². The molecule has 0 unspecified atom stereocenters. The van der Waals surface area contributed by atoms with E-state index in [9.17, 15) is 14.7 Å². The molecule has 0 aromatic carbocycles. The Hall–Kier alpha value is -1.82. The van der Waals surface area contributed by atoms with Gasteiger partial charge in [0.15, 0.2) is 0 Å². The maximum atomic E-state index is 12.1. The predicted octanol–water partition coefficient (Wildman–Crippen LogP) is 0.774. The molecule has 6 heteroatoms. The van der Waals surface area contributed by atoms with Crippen molar-refractivity contribution in [1.82, 2.24) is 5.32 Å². The molecule has 19 heavy (non-hydrogen) atoms. The molecule has 4 atom stereocenters. The van der Waals surface area contributed by atoms with E-state index in [-0.39, 0.29) is 24.7 Å². The summed E-state index contributed by atoms with van der Waals surface area (Å²) < 4.78 is 10.7. The largest absolute Gasteiger partial charge is 0.481 e. The molecule has 1 amide bonds. The van der Waals surface area contributed by atoms with Gasteiger partial charge in [0.2, 0.25) is 5.91 Å². The van der Waals surface area contributed by atoms with Crippen LogP contribution in [0.4, 0.5) is 0 Å². The first-order chi connectivity index (χ1) is 9.16. The number of hydrogen-bond donors (Lipinski definition) is 2. The Morgan fingerprint density at radius 2 is 2.05 bits per heavy atom. The second-order valence-corrected chi connectivity index (χ2v) is 4.98. The zero-order valence-corrected chi connectivity index (χ0v) is 10.2. The summed E-state index contributed by atoms with van der Waals surface area (Å²) >= 11 is 0. The lowest BCUT2D eigenvalue weighted by Gasteiger charge is -2.23. The van der Waals surface area contributed by atoms with E-state index in [0.717, 1.165) is 12.8 Å². The Morgan fingerprint density at radius 3 is 2.68 bits per heavy atom. The van der Waals surface area contributed by atoms with Crippen molar-refractivity contribution >= 4 is 11.9 Å². The van der Waals surface area contributed by atoms with E-state index in [1.54, 1.807) is 12.1 Å². The van der Waals surface area contributed by atoms with Gasteiger partial charge in [0.25, 0.3) is 0 Å². The lowest BCUT2D eigenvalue weighted by atomic mass is 9.79. The van der Waals surface area contributed by atoms with Crippen LogP contribution in [0.5, 0.6) is 0 Å². The summed E-state index contributed by atoms with van der Waals surface area (Å²) in [4.78, 5) is 23.4. The summed E-state index contributed by atoms with van der Waals surface area (Å²) in [6.45, 7) is 0.270. The van der Waals surface area contributed by atoms with Crippen LogP contribution in [0.2, 0.25) is 0 Å². The van der Waals surface area contributed by atoms with Gasteiger partial charge in [-0.25, -0.2) is 0 Å². The van der Waals surface area contributed by atoms with Crippen LogP contribution in [0.15, 0.2) is 22.8 Å². The second kappa shape index (κ2) is 4.70. The van der Waals surface area contributed by atoms with Crippen LogP contribution in [0, 0.1) is 11.8 Å². The van der Waals surface area contributed by atoms with Crippen LogP contribution in [-0.2, 0) is 20.9 Å². The maximum Gasteiger partial charge on any atom is 0.310 e. The molecule has 6 nitrogen and oxygen atoms in total. The standard InChI is InChI=1S/C13H15NO5/c15-12(14-6-7-2-1-5-18-7)10-8-3-4-9(19-8)11(10)13(16)17/h1-2,5,8-11H,3-4,6H2,(H,14,15)(H,16,17)/t8-,9+,10-,11+/m1/s1. The SMILES string of the molecule is O=C(O)[C@@H]1[C@H](C(=O)NCc2ccco2)[C@H]2CC[C@@H]1O2. The molecule has 3 rings (SSSR count). The zero-order chi connectivity index (χ0) is 13.4. The summed E-state index contributed by atoms with van der Waals surface area (Å²) in [6.07, 6.45) is 2.43. The Bertz CT molecular complexity index is 483. The summed E-state index contributed by atoms with van der Waals surface area (Å²) in [5.74, 6) is -1.90. The number of carbonyl (C=O) groups excluding carboxylic acids is 1. The number of aliphatic carboxylic acids is 1. The minimum atomic E-state index is -0.953. The first-order valence-corrected chi connectivity index (χ1v) is 6.35. The van der Waals surface area contributed by atoms with Gasteiger partial charge in [-0.15, -0.1) is 0 Å². The summed E-state index contributed by atoms with van der Waals surface area (Å²) in [5, 5.41) is 11.9. The third kappa shape index (κ3) is 2.12. The number of nitrogens with one attached hydrogen (secondary N) is 1. The number of fused-ring (bicyclic) bond motifs is 2. The Kier molecular flexibility index (Phi) is 3.02. The highest BCUT2D eigenvalue weighted by molar-refractivity contribution is 5.86. The van der Waals surface area contributed by atoms with Crippen LogP contribution < -0.4 is 5.32 Å². The van der Waals surface area contributed by atoms with Gasteiger partial charge in [-0.05, 0) is 25.0 Å². The van der Waals surface area contributed by atoms with E-state index < -0.39 is 17.8 Å². The molecule has 0 spiro atoms. The van der Waals surface area contributed by atoms with Crippen LogP contribution in [0.25, 0.3) is 0 Å². The number of amides is 1. The zero-order valence-electron chi connectivity index (χ0n) is 10.2. The molecule has 1 aromatic heterocycles. The lowest BCUT2D eigenvalue weighted by molar-refractivity contribution is -0.147. The van der Waals surface area contributed by atoms with E-state index >= 15 is 0 Å². The molecule has 3 heterocycles. The minimum absolute atomic E-state index is 0.261. The average Bonchev–Trinajstić information content (AvgIpc) is 3.10. The van der Waals surface area contributed by atoms with Crippen molar-refractivity contribution < 1.29 is 23.8 Å². The molecule has 0 saturated carbocycles. The highest BCUT2D eigenvalue weighted by Crippen LogP contribution is 2.43. The van der Waals surface area contributed by atoms with Gasteiger partial charge in [-0.1, -0.05) is 0 Å². The number of rotatable bonds is 4. The molecular formula is C13H15NO5. The smallest absolute Gasteiger partial charge is 0.310 e. The fraction of sp³-hybridized carbons (Fsp3) is 0.538. The van der Waals surface area contributed by atoms with Crippen molar-refractivity contribution in [3.05, 3.63) is 24.2 Å². The highest BCUT2D eigenvalue weighted by atomic mass is 16.5. The molecule has 2 fully saturated rings. The number of carboxylic acids is 1. The first-order valence-electron chi connectivity index (χ1n) is 6.35. The van der Waals surface area contributed by atoms with E-state index in [1.165, 1.54) is 6.26 Å². The van der Waals surface area contributed by atoms with E-state index in [1.807, 2.05) is 0 Å². The van der Waals surface area contributed by atoms with Gasteiger partial charge in [-0.3, -0.25) is 9.59 Å². The number of carbonyl (C=O) groups is 2. The van der Waals surface area contributed by atoms with Crippen molar-refractivity contribution in [2.24, 2.45) is 11.8 Å². The van der Waals surface area contributed by atoms with Gasteiger partial charge in [0, 0.05) is 0 Å². The van der Waals surface area contributed by atoms with Gasteiger partial charge in [0.1, 0.15) is 5.76 Å². The van der Waals surface area contributed by atoms with Crippen LogP contribution >= 0.6 is 0 Å². The third-order valence-corrected chi connectivity index (χ3v) is 3.88. The third-order valence-electron chi connectivity index (χ3n) is 3.88. The summed E-state index contributed by atoms with van der Waals surface area (Å²) in [6, 6.07) is 3.49. The summed E-state index contributed by atoms with van der Waals surface area (Å²) in [7, 11) is 0. The van der Waals surface area contributed by atoms with E-state index in [4.69, 9.17) is 9.15 Å². The Morgan fingerprint density at radius 1 is 1.32 bits per heavy atom. The first kappa shape index (κ1) is 12.2. The molecule has 2 saturated heterocycles. The molecule has 2 bridgehead atoms. The van der Waals surface area contributed by atoms with Crippen molar-refractivity contribution in [3.8, 4) is 0 Å². The fourth-order valence-electron chi connectivity index (χ4n) is 3.03. The van der Waals surface area contributed by atoms with Crippen LogP contribution in [0.3, 0.4) is 0 Å². The van der Waals surface area contributed by atoms with Gasteiger partial charge in [0.05, 0.1) is 36.9 Å². The molecule has 2 N–H and O–H groups in total. The monoisotopic (exact) mass is 265 g/mol. The molecule has 1 aromatic rings. The second-order valence-electron chi connectivity index (χ2n) is 4.98. The average molecular weight is 265 g/mol. The molecular weight excluding hydrogens is 250 g/mol. The fourth-order valence-corrected chi connectivity index (χ4v) is 3.03. The van der Waals surface area contributed by atoms with Crippen LogP contribution in [0.1, 0.15) is 18.6 Å². The Balaban J connectivity index is 1.66. The van der Waals surface area contributed by atoms with Gasteiger partial charge in [-0.2, -0.15) is 0 Å². The number of carboxylic acid groups (broad SMARTS) is 1. The minimum Gasteiger partial charge on any atom is -0.481 e. The van der Waals surface area contributed by atoms with Gasteiger partial charge >= 0.3 is 5.97 Å². The lowest BCUT2D eigenvalue weighted by Crippen LogP contribution is -2.43. The topological polar surface area (TPSA) is 88.8 Å². The van der Waals surface area contributed by atoms with Crippen molar-refractivity contribution in [1.29, 1.82) is 0 Å². The van der Waals surface area contributed by atoms with Gasteiger partial charge < -0.3 is 19.6 Å². The van der Waals surface area contributed by atoms with Crippen LogP contribution in [-0.4, -0.2) is 29.2 Å². The highest BCUT2D eigenvalue weighted by Gasteiger charge is 2.55. The maximum absolute atomic E-state index is 12.1. The molecule has 2 aliphatic heterocycles. The quantitative estimate of drug-likeness (QED) is 0.839. The van der Waals surface area contributed by atoms with Crippen molar-refractivity contribution in [3.63, 3.8) is 0 Å². The van der Waals surface area contributed by atoms with E-state index in [2.05, 4.69) is 5.32 Å². The number of ether oxygens (including phenoxy) is 1. The molecule has 0 aliphatic carbocycles. The molecule has 0 radical (unpaired) electrons. The number of hydrogen-bond acceptors (Lipinski definition) is 4. The molecule has 2 aliphatic rings. The predicted molar refractivity (Wildman–Crippen MR) is 63.1 cm³/mol. The normalized spacial score (nSPS) is 32.4. The Labute approximate surface area is 109 Å². The summed E-state index contributed by atoms with van der Waals surface area (Å²) in [5.41, 5.74) is 0. The molecule has 102 valence electrons. The number of furan rings is 1. The van der Waals surface area contributed by atoms with Crippen molar-refractivity contribution in [2.45, 2.75) is 31.6 Å². The van der Waals surface area contributed by atoms with Crippen molar-refractivity contribution in [2.75, 3.05) is 0 Å².